The average Bonchev–Trinajstić information content (AvgIpc) is 3.17. The van der Waals surface area contributed by atoms with Gasteiger partial charge in [-0.25, -0.2) is 0 Å². The van der Waals surface area contributed by atoms with Crippen LogP contribution < -0.4 is 5.32 Å². The van der Waals surface area contributed by atoms with Crippen molar-refractivity contribution in [3.63, 3.8) is 0 Å². The molecule has 1 atom stereocenters. The summed E-state index contributed by atoms with van der Waals surface area (Å²) in [7, 11) is 1.94. The standard InChI is InChI=1S/C18H17N5O/c1-12(17-21-20-16-9-5-6-10-23(16)17)19-18(24)14-11-22(2)15-8-4-3-7-13(14)15/h3-12H,1-2H3,(H,19,24). The lowest BCUT2D eigenvalue weighted by Gasteiger charge is -2.12. The number of aromatic nitrogens is 4. The number of amides is 1. The van der Waals surface area contributed by atoms with Crippen LogP contribution in [0.1, 0.15) is 29.1 Å². The molecule has 4 rings (SSSR count). The van der Waals surface area contributed by atoms with Gasteiger partial charge in [0.05, 0.1) is 11.6 Å². The van der Waals surface area contributed by atoms with Crippen LogP contribution in [0.25, 0.3) is 16.6 Å². The maximum Gasteiger partial charge on any atom is 0.254 e. The van der Waals surface area contributed by atoms with Crippen molar-refractivity contribution in [3.8, 4) is 0 Å². The van der Waals surface area contributed by atoms with Crippen molar-refractivity contribution in [3.05, 3.63) is 66.2 Å². The van der Waals surface area contributed by atoms with Gasteiger partial charge in [0.1, 0.15) is 0 Å². The highest BCUT2D eigenvalue weighted by molar-refractivity contribution is 6.07. The van der Waals surface area contributed by atoms with Gasteiger partial charge in [0.2, 0.25) is 0 Å². The van der Waals surface area contributed by atoms with E-state index in [1.807, 2.05) is 77.8 Å². The molecule has 0 spiro atoms. The first-order chi connectivity index (χ1) is 11.6. The largest absolute Gasteiger partial charge is 0.350 e. The van der Waals surface area contributed by atoms with Crippen molar-refractivity contribution in [2.45, 2.75) is 13.0 Å². The van der Waals surface area contributed by atoms with Gasteiger partial charge < -0.3 is 9.88 Å². The number of aryl methyl sites for hydroxylation is 1. The zero-order chi connectivity index (χ0) is 16.7. The minimum atomic E-state index is -0.256. The van der Waals surface area contributed by atoms with E-state index < -0.39 is 0 Å². The summed E-state index contributed by atoms with van der Waals surface area (Å²) >= 11 is 0. The van der Waals surface area contributed by atoms with E-state index in [-0.39, 0.29) is 11.9 Å². The summed E-state index contributed by atoms with van der Waals surface area (Å²) in [6.07, 6.45) is 3.75. The molecule has 0 aliphatic carbocycles. The van der Waals surface area contributed by atoms with Gasteiger partial charge in [-0.15, -0.1) is 10.2 Å². The summed E-state index contributed by atoms with van der Waals surface area (Å²) < 4.78 is 3.84. The maximum absolute atomic E-state index is 12.7. The minimum absolute atomic E-state index is 0.119. The molecule has 3 heterocycles. The van der Waals surface area contributed by atoms with Gasteiger partial charge in [-0.1, -0.05) is 24.3 Å². The van der Waals surface area contributed by atoms with E-state index >= 15 is 0 Å². The molecule has 1 unspecified atom stereocenters. The lowest BCUT2D eigenvalue weighted by Crippen LogP contribution is -2.27. The highest BCUT2D eigenvalue weighted by Gasteiger charge is 2.19. The van der Waals surface area contributed by atoms with Crippen molar-refractivity contribution in [1.29, 1.82) is 0 Å². The molecule has 6 heteroatoms. The Labute approximate surface area is 138 Å². The number of benzene rings is 1. The van der Waals surface area contributed by atoms with Crippen molar-refractivity contribution in [2.75, 3.05) is 0 Å². The lowest BCUT2D eigenvalue weighted by molar-refractivity contribution is 0.0939. The molecule has 1 aromatic carbocycles. The van der Waals surface area contributed by atoms with Gasteiger partial charge in [-0.3, -0.25) is 9.20 Å². The highest BCUT2D eigenvalue weighted by atomic mass is 16.1. The van der Waals surface area contributed by atoms with Gasteiger partial charge in [-0.2, -0.15) is 0 Å². The Bertz CT molecular complexity index is 1050. The molecule has 0 aliphatic heterocycles. The van der Waals surface area contributed by atoms with E-state index in [0.29, 0.717) is 11.4 Å². The number of fused-ring (bicyclic) bond motifs is 2. The van der Waals surface area contributed by atoms with Crippen molar-refractivity contribution < 1.29 is 4.79 Å². The second kappa shape index (κ2) is 5.49. The zero-order valence-corrected chi connectivity index (χ0v) is 13.5. The number of carbonyl (C=O) groups excluding carboxylic acids is 1. The number of nitrogens with zero attached hydrogens (tertiary/aromatic N) is 4. The predicted octanol–water partition coefficient (Wildman–Crippen LogP) is 2.71. The van der Waals surface area contributed by atoms with E-state index in [0.717, 1.165) is 16.6 Å². The van der Waals surface area contributed by atoms with Crippen LogP contribution in [-0.2, 0) is 7.05 Å². The highest BCUT2D eigenvalue weighted by Crippen LogP contribution is 2.21. The molecule has 0 fully saturated rings. The Morgan fingerprint density at radius 2 is 1.92 bits per heavy atom. The lowest BCUT2D eigenvalue weighted by atomic mass is 10.1. The summed E-state index contributed by atoms with van der Waals surface area (Å²) in [5.41, 5.74) is 2.45. The Morgan fingerprint density at radius 1 is 1.12 bits per heavy atom. The first-order valence-corrected chi connectivity index (χ1v) is 7.80. The molecule has 6 nitrogen and oxygen atoms in total. The number of pyridine rings is 1. The first kappa shape index (κ1) is 14.4. The van der Waals surface area contributed by atoms with E-state index in [2.05, 4.69) is 15.5 Å². The fraction of sp³-hybridized carbons (Fsp3) is 0.167. The number of hydrogen-bond acceptors (Lipinski definition) is 3. The molecule has 120 valence electrons. The Morgan fingerprint density at radius 3 is 2.79 bits per heavy atom. The van der Waals surface area contributed by atoms with Crippen LogP contribution in [0.15, 0.2) is 54.9 Å². The third kappa shape index (κ3) is 2.23. The number of rotatable bonds is 3. The molecule has 0 saturated carbocycles. The van der Waals surface area contributed by atoms with Gasteiger partial charge in [0.15, 0.2) is 11.5 Å². The second-order valence-electron chi connectivity index (χ2n) is 5.85. The number of nitrogens with one attached hydrogen (secondary N) is 1. The molecule has 4 aromatic rings. The van der Waals surface area contributed by atoms with Gasteiger partial charge in [-0.05, 0) is 25.1 Å². The van der Waals surface area contributed by atoms with E-state index in [1.165, 1.54) is 0 Å². The first-order valence-electron chi connectivity index (χ1n) is 7.80. The van der Waals surface area contributed by atoms with Crippen LogP contribution in [0.4, 0.5) is 0 Å². The van der Waals surface area contributed by atoms with Crippen LogP contribution in [0.2, 0.25) is 0 Å². The third-order valence-corrected chi connectivity index (χ3v) is 4.22. The summed E-state index contributed by atoms with van der Waals surface area (Å²) in [5.74, 6) is 0.589. The van der Waals surface area contributed by atoms with E-state index in [4.69, 9.17) is 0 Å². The summed E-state index contributed by atoms with van der Waals surface area (Å²) in [6, 6.07) is 13.3. The minimum Gasteiger partial charge on any atom is -0.350 e. The molecule has 1 amide bonds. The SMILES string of the molecule is CC(NC(=O)c1cn(C)c2ccccc12)c1nnc2ccccn12. The maximum atomic E-state index is 12.7. The second-order valence-corrected chi connectivity index (χ2v) is 5.85. The topological polar surface area (TPSA) is 64.2 Å². The van der Waals surface area contributed by atoms with Gasteiger partial charge >= 0.3 is 0 Å². The Balaban J connectivity index is 1.66. The molecule has 3 aromatic heterocycles. The van der Waals surface area contributed by atoms with Crippen LogP contribution in [0.3, 0.4) is 0 Å². The average molecular weight is 319 g/mol. The number of para-hydroxylation sites is 1. The molecule has 24 heavy (non-hydrogen) atoms. The Kier molecular flexibility index (Phi) is 3.30. The third-order valence-electron chi connectivity index (χ3n) is 4.22. The molecular formula is C18H17N5O. The molecule has 1 N–H and O–H groups in total. The van der Waals surface area contributed by atoms with Crippen molar-refractivity contribution in [1.82, 2.24) is 24.5 Å². The Hall–Kier alpha value is -3.15. The normalized spacial score (nSPS) is 12.6. The summed E-state index contributed by atoms with van der Waals surface area (Å²) in [5, 5.41) is 12.3. The monoisotopic (exact) mass is 319 g/mol. The van der Waals surface area contributed by atoms with Crippen molar-refractivity contribution in [2.24, 2.45) is 7.05 Å². The van der Waals surface area contributed by atoms with E-state index in [9.17, 15) is 4.79 Å². The zero-order valence-electron chi connectivity index (χ0n) is 13.5. The molecular weight excluding hydrogens is 302 g/mol. The van der Waals surface area contributed by atoms with Crippen LogP contribution in [-0.4, -0.2) is 25.1 Å². The molecule has 0 saturated heterocycles. The van der Waals surface area contributed by atoms with E-state index in [1.54, 1.807) is 0 Å². The predicted molar refractivity (Wildman–Crippen MR) is 91.8 cm³/mol. The number of hydrogen-bond donors (Lipinski definition) is 1. The fourth-order valence-corrected chi connectivity index (χ4v) is 3.02. The summed E-state index contributed by atoms with van der Waals surface area (Å²) in [4.78, 5) is 12.7. The van der Waals surface area contributed by atoms with Crippen molar-refractivity contribution >= 4 is 22.5 Å². The smallest absolute Gasteiger partial charge is 0.254 e. The van der Waals surface area contributed by atoms with Crippen LogP contribution in [0.5, 0.6) is 0 Å². The quantitative estimate of drug-likeness (QED) is 0.631. The molecule has 0 radical (unpaired) electrons. The number of carbonyl (C=O) groups is 1. The summed E-state index contributed by atoms with van der Waals surface area (Å²) in [6.45, 7) is 1.91. The van der Waals surface area contributed by atoms with Crippen LogP contribution in [0, 0.1) is 0 Å². The molecule has 0 bridgehead atoms. The van der Waals surface area contributed by atoms with Gasteiger partial charge in [0.25, 0.3) is 5.91 Å². The molecule has 0 aliphatic rings. The van der Waals surface area contributed by atoms with Gasteiger partial charge in [0, 0.05) is 30.3 Å². The van der Waals surface area contributed by atoms with Crippen LogP contribution >= 0.6 is 0 Å². The fourth-order valence-electron chi connectivity index (χ4n) is 3.02.